The second kappa shape index (κ2) is 12.3. The lowest BCUT2D eigenvalue weighted by atomic mass is 9.96. The smallest absolute Gasteiger partial charge is 0.187 e. The molecule has 0 amide bonds. The highest BCUT2D eigenvalue weighted by Crippen LogP contribution is 2.32. The van der Waals surface area contributed by atoms with Gasteiger partial charge in [-0.2, -0.15) is 0 Å². The molecular formula is C19H34O16. The Balaban J connectivity index is 1.72. The van der Waals surface area contributed by atoms with Crippen LogP contribution in [-0.2, 0) is 28.4 Å². The molecule has 3 rings (SSSR count). The lowest BCUT2D eigenvalue weighted by Crippen LogP contribution is -2.66. The summed E-state index contributed by atoms with van der Waals surface area (Å²) >= 11 is 0. The highest BCUT2D eigenvalue weighted by Gasteiger charge is 2.53. The number of aliphatic hydroxyl groups is 10. The minimum Gasteiger partial charge on any atom is -0.394 e. The Morgan fingerprint density at radius 2 is 0.886 bits per heavy atom. The molecule has 0 bridgehead atoms. The van der Waals surface area contributed by atoms with Gasteiger partial charge in [0, 0.05) is 7.11 Å². The molecule has 0 radical (unpaired) electrons. The predicted octanol–water partition coefficient (Wildman–Crippen LogP) is -6.92. The van der Waals surface area contributed by atoms with Crippen LogP contribution in [0.1, 0.15) is 0 Å². The average molecular weight is 518 g/mol. The molecule has 16 nitrogen and oxygen atoms in total. The van der Waals surface area contributed by atoms with Crippen molar-refractivity contribution < 1.29 is 79.5 Å². The van der Waals surface area contributed by atoms with Gasteiger partial charge in [-0.05, 0) is 0 Å². The highest BCUT2D eigenvalue weighted by molar-refractivity contribution is 4.96. The maximum absolute atomic E-state index is 10.7. The predicted molar refractivity (Wildman–Crippen MR) is 106 cm³/mol. The van der Waals surface area contributed by atoms with Crippen LogP contribution in [0, 0.1) is 0 Å². The van der Waals surface area contributed by atoms with Gasteiger partial charge >= 0.3 is 0 Å². The van der Waals surface area contributed by atoms with Gasteiger partial charge in [-0.1, -0.05) is 0 Å². The van der Waals surface area contributed by atoms with Gasteiger partial charge in [0.05, 0.1) is 19.8 Å². The molecule has 0 aromatic heterocycles. The lowest BCUT2D eigenvalue weighted by Gasteiger charge is -2.48. The van der Waals surface area contributed by atoms with Crippen molar-refractivity contribution >= 4 is 0 Å². The summed E-state index contributed by atoms with van der Waals surface area (Å²) in [7, 11) is 1.24. The van der Waals surface area contributed by atoms with Gasteiger partial charge in [0.2, 0.25) is 0 Å². The van der Waals surface area contributed by atoms with Crippen LogP contribution in [0.5, 0.6) is 0 Å². The summed E-state index contributed by atoms with van der Waals surface area (Å²) < 4.78 is 31.8. The van der Waals surface area contributed by atoms with Gasteiger partial charge in [0.25, 0.3) is 0 Å². The number of hydrogen-bond acceptors (Lipinski definition) is 16. The maximum Gasteiger partial charge on any atom is 0.187 e. The van der Waals surface area contributed by atoms with Gasteiger partial charge in [-0.25, -0.2) is 0 Å². The van der Waals surface area contributed by atoms with Crippen LogP contribution in [-0.4, -0.2) is 170 Å². The van der Waals surface area contributed by atoms with Crippen molar-refractivity contribution in [3.8, 4) is 0 Å². The van der Waals surface area contributed by atoms with Crippen LogP contribution in [0.3, 0.4) is 0 Å². The lowest BCUT2D eigenvalue weighted by molar-refractivity contribution is -0.378. The van der Waals surface area contributed by atoms with E-state index in [-0.39, 0.29) is 0 Å². The topological polar surface area (TPSA) is 258 Å². The van der Waals surface area contributed by atoms with Gasteiger partial charge in [0.1, 0.15) is 73.2 Å². The van der Waals surface area contributed by atoms with E-state index in [2.05, 4.69) is 0 Å². The first-order chi connectivity index (χ1) is 16.6. The zero-order valence-electron chi connectivity index (χ0n) is 18.7. The van der Waals surface area contributed by atoms with Crippen LogP contribution in [0.2, 0.25) is 0 Å². The third kappa shape index (κ3) is 5.78. The third-order valence-electron chi connectivity index (χ3n) is 6.34. The molecule has 0 aromatic carbocycles. The number of ether oxygens (including phenoxy) is 6. The van der Waals surface area contributed by atoms with Crippen LogP contribution >= 0.6 is 0 Å². The van der Waals surface area contributed by atoms with E-state index < -0.39 is 112 Å². The molecule has 0 spiro atoms. The fraction of sp³-hybridized carbons (Fsp3) is 1.00. The van der Waals surface area contributed by atoms with Crippen LogP contribution in [0.15, 0.2) is 0 Å². The van der Waals surface area contributed by atoms with E-state index >= 15 is 0 Å². The van der Waals surface area contributed by atoms with Gasteiger partial charge in [-0.15, -0.1) is 0 Å². The van der Waals surface area contributed by atoms with Crippen LogP contribution in [0.25, 0.3) is 0 Å². The molecule has 10 N–H and O–H groups in total. The summed E-state index contributed by atoms with van der Waals surface area (Å²) in [6, 6.07) is 0. The standard InChI is InChI=1S/C19H34O16/c1-30-14-5(2-20)32-18(12(27)9(14)24)35-16-7(4-22)33-19(13(28)10(16)25)34-15-6(3-21)31-17(29)11(26)8(15)23/h5-29H,2-4H2,1H3/t5-,6-,7-,8-,9-,10-,11-,12-,13-,14-,15-,16-,17-,18-,19-/m1/s1. The minimum absolute atomic E-state index is 0.605. The molecule has 15 atom stereocenters. The SMILES string of the molecule is CO[C@H]1[C@H](O)[C@@H](O)[C@@H](O[C@H]2[C@H](O)[C@@H](O)[C@@H](O[C@H]3[C@H](O)[C@@H](O)[C@H](O)O[C@@H]3CO)O[C@@H]2CO)O[C@@H]1CO. The normalized spacial score (nSPS) is 51.3. The number of aliphatic hydroxyl groups excluding tert-OH is 10. The molecule has 35 heavy (non-hydrogen) atoms. The Hall–Kier alpha value is -0.640. The van der Waals surface area contributed by atoms with Crippen molar-refractivity contribution in [1.82, 2.24) is 0 Å². The first-order valence-corrected chi connectivity index (χ1v) is 11.0. The number of rotatable bonds is 8. The van der Waals surface area contributed by atoms with E-state index in [4.69, 9.17) is 28.4 Å². The van der Waals surface area contributed by atoms with Crippen molar-refractivity contribution in [3.05, 3.63) is 0 Å². The molecule has 3 aliphatic heterocycles. The third-order valence-corrected chi connectivity index (χ3v) is 6.34. The first kappa shape index (κ1) is 28.9. The monoisotopic (exact) mass is 518 g/mol. The van der Waals surface area contributed by atoms with Crippen molar-refractivity contribution in [1.29, 1.82) is 0 Å². The summed E-state index contributed by atoms with van der Waals surface area (Å²) in [5, 5.41) is 100. The Morgan fingerprint density at radius 3 is 1.31 bits per heavy atom. The molecule has 3 saturated heterocycles. The van der Waals surface area contributed by atoms with E-state index in [1.165, 1.54) is 7.11 Å². The fourth-order valence-corrected chi connectivity index (χ4v) is 4.33. The highest BCUT2D eigenvalue weighted by atomic mass is 16.8. The molecule has 3 aliphatic rings. The molecule has 0 unspecified atom stereocenters. The quantitative estimate of drug-likeness (QED) is 0.143. The zero-order valence-corrected chi connectivity index (χ0v) is 18.7. The largest absolute Gasteiger partial charge is 0.394 e. The Labute approximate surface area is 199 Å². The van der Waals surface area contributed by atoms with Crippen LogP contribution in [0.4, 0.5) is 0 Å². The molecule has 206 valence electrons. The van der Waals surface area contributed by atoms with E-state index in [0.29, 0.717) is 0 Å². The second-order valence-electron chi connectivity index (χ2n) is 8.54. The molecule has 3 heterocycles. The summed E-state index contributed by atoms with van der Waals surface area (Å²) in [4.78, 5) is 0. The van der Waals surface area contributed by atoms with Crippen molar-refractivity contribution in [3.63, 3.8) is 0 Å². The van der Waals surface area contributed by atoms with E-state index in [1.807, 2.05) is 0 Å². The van der Waals surface area contributed by atoms with Crippen molar-refractivity contribution in [2.24, 2.45) is 0 Å². The molecule has 3 fully saturated rings. The van der Waals surface area contributed by atoms with Gasteiger partial charge in [0.15, 0.2) is 18.9 Å². The van der Waals surface area contributed by atoms with E-state index in [1.54, 1.807) is 0 Å². The number of methoxy groups -OCH3 is 1. The minimum atomic E-state index is -1.88. The second-order valence-corrected chi connectivity index (χ2v) is 8.54. The summed E-state index contributed by atoms with van der Waals surface area (Å²) in [6.45, 7) is -2.15. The molecule has 0 aromatic rings. The Morgan fingerprint density at radius 1 is 0.514 bits per heavy atom. The Kier molecular flexibility index (Phi) is 10.1. The van der Waals surface area contributed by atoms with Gasteiger partial charge < -0.3 is 79.5 Å². The molecular weight excluding hydrogens is 484 g/mol. The summed E-state index contributed by atoms with van der Waals surface area (Å²) in [5.41, 5.74) is 0. The Bertz CT molecular complexity index is 650. The fourth-order valence-electron chi connectivity index (χ4n) is 4.33. The molecule has 0 aliphatic carbocycles. The van der Waals surface area contributed by atoms with E-state index in [0.717, 1.165) is 0 Å². The van der Waals surface area contributed by atoms with E-state index in [9.17, 15) is 51.1 Å². The zero-order chi connectivity index (χ0) is 26.0. The summed E-state index contributed by atoms with van der Waals surface area (Å²) in [6.07, 6.45) is -23.7. The first-order valence-electron chi connectivity index (χ1n) is 11.0. The molecule has 16 heteroatoms. The van der Waals surface area contributed by atoms with Crippen LogP contribution < -0.4 is 0 Å². The van der Waals surface area contributed by atoms with Crippen molar-refractivity contribution in [2.75, 3.05) is 26.9 Å². The summed E-state index contributed by atoms with van der Waals surface area (Å²) in [5.74, 6) is 0. The van der Waals surface area contributed by atoms with Gasteiger partial charge in [-0.3, -0.25) is 0 Å². The van der Waals surface area contributed by atoms with Crippen molar-refractivity contribution in [2.45, 2.75) is 92.1 Å². The molecule has 0 saturated carbocycles. The average Bonchev–Trinajstić information content (AvgIpc) is 2.85. The maximum atomic E-state index is 10.7. The number of hydrogen-bond donors (Lipinski definition) is 10.